The molecule has 4 nitrogen and oxygen atoms in total. The highest BCUT2D eigenvalue weighted by atomic mass is 16.3. The molecule has 0 saturated carbocycles. The van der Waals surface area contributed by atoms with Crippen LogP contribution in [0.5, 0.6) is 0 Å². The zero-order chi connectivity index (χ0) is 15.4. The van der Waals surface area contributed by atoms with Crippen molar-refractivity contribution in [3.63, 3.8) is 0 Å². The van der Waals surface area contributed by atoms with Crippen LogP contribution in [-0.4, -0.2) is 40.6 Å². The molecule has 1 aromatic heterocycles. The number of hydrogen-bond acceptors (Lipinski definition) is 3. The number of pyridine rings is 1. The Balaban J connectivity index is 1.76. The molecule has 1 fully saturated rings. The fourth-order valence-corrected chi connectivity index (χ4v) is 2.85. The number of likely N-dealkylation sites (tertiary alicyclic amines) is 1. The first-order valence-electron chi connectivity index (χ1n) is 7.68. The Bertz CT molecular complexity index is 635. The number of carbonyl (C=O) groups is 1. The lowest BCUT2D eigenvalue weighted by Gasteiger charge is -2.31. The second-order valence-corrected chi connectivity index (χ2v) is 5.75. The van der Waals surface area contributed by atoms with Gasteiger partial charge in [-0.15, -0.1) is 0 Å². The topological polar surface area (TPSA) is 53.4 Å². The van der Waals surface area contributed by atoms with Gasteiger partial charge in [0, 0.05) is 37.7 Å². The lowest BCUT2D eigenvalue weighted by atomic mass is 9.97. The summed E-state index contributed by atoms with van der Waals surface area (Å²) in [5.74, 6) is 0.361. The molecule has 1 aliphatic rings. The van der Waals surface area contributed by atoms with Gasteiger partial charge in [0.05, 0.1) is 5.56 Å². The Labute approximate surface area is 130 Å². The summed E-state index contributed by atoms with van der Waals surface area (Å²) in [6, 6.07) is 11.9. The van der Waals surface area contributed by atoms with Gasteiger partial charge in [-0.3, -0.25) is 9.78 Å². The average Bonchev–Trinajstić information content (AvgIpc) is 2.62. The van der Waals surface area contributed by atoms with E-state index in [1.807, 2.05) is 41.3 Å². The van der Waals surface area contributed by atoms with Crippen molar-refractivity contribution >= 4 is 5.91 Å². The summed E-state index contributed by atoms with van der Waals surface area (Å²) in [5.41, 5.74) is 2.64. The first-order valence-corrected chi connectivity index (χ1v) is 7.68. The van der Waals surface area contributed by atoms with Crippen LogP contribution < -0.4 is 0 Å². The zero-order valence-corrected chi connectivity index (χ0v) is 12.5. The minimum atomic E-state index is 0.0293. The van der Waals surface area contributed by atoms with Gasteiger partial charge in [-0.25, -0.2) is 0 Å². The fraction of sp³-hybridized carbons (Fsp3) is 0.333. The number of piperidine rings is 1. The van der Waals surface area contributed by atoms with Gasteiger partial charge >= 0.3 is 0 Å². The van der Waals surface area contributed by atoms with Gasteiger partial charge in [0.25, 0.3) is 5.91 Å². The lowest BCUT2D eigenvalue weighted by molar-refractivity contribution is 0.0650. The molecule has 0 radical (unpaired) electrons. The van der Waals surface area contributed by atoms with Crippen LogP contribution in [-0.2, 0) is 0 Å². The highest BCUT2D eigenvalue weighted by molar-refractivity contribution is 5.95. The number of aliphatic hydroxyl groups is 1. The highest BCUT2D eigenvalue weighted by Crippen LogP contribution is 2.22. The van der Waals surface area contributed by atoms with E-state index in [-0.39, 0.29) is 12.5 Å². The number of hydrogen-bond donors (Lipinski definition) is 1. The molecule has 2 aromatic rings. The van der Waals surface area contributed by atoms with Crippen molar-refractivity contribution in [1.82, 2.24) is 9.88 Å². The van der Waals surface area contributed by atoms with E-state index in [1.165, 1.54) is 0 Å². The van der Waals surface area contributed by atoms with Crippen LogP contribution in [0.4, 0.5) is 0 Å². The molecule has 1 aromatic carbocycles. The van der Waals surface area contributed by atoms with Crippen molar-refractivity contribution in [2.24, 2.45) is 5.92 Å². The Morgan fingerprint density at radius 1 is 1.14 bits per heavy atom. The summed E-state index contributed by atoms with van der Waals surface area (Å²) in [4.78, 5) is 18.7. The molecule has 4 heteroatoms. The van der Waals surface area contributed by atoms with E-state index >= 15 is 0 Å². The summed E-state index contributed by atoms with van der Waals surface area (Å²) in [5, 5.41) is 9.18. The maximum Gasteiger partial charge on any atom is 0.255 e. The van der Waals surface area contributed by atoms with Crippen LogP contribution in [0.25, 0.3) is 11.1 Å². The van der Waals surface area contributed by atoms with Crippen molar-refractivity contribution in [2.45, 2.75) is 12.8 Å². The number of carbonyl (C=O) groups excluding carboxylic acids is 1. The Hall–Kier alpha value is -2.20. The molecule has 0 bridgehead atoms. The maximum atomic E-state index is 12.6. The summed E-state index contributed by atoms with van der Waals surface area (Å²) in [6.45, 7) is 1.63. The molecule has 0 aliphatic carbocycles. The van der Waals surface area contributed by atoms with E-state index in [1.54, 1.807) is 12.4 Å². The van der Waals surface area contributed by atoms with Crippen LogP contribution in [0.2, 0.25) is 0 Å². The molecule has 114 valence electrons. The molecular weight excluding hydrogens is 276 g/mol. The SMILES string of the molecule is O=C(c1cncc(-c2ccccc2)c1)N1CCC(CO)CC1. The van der Waals surface area contributed by atoms with Gasteiger partial charge in [-0.05, 0) is 30.4 Å². The summed E-state index contributed by atoms with van der Waals surface area (Å²) >= 11 is 0. The Morgan fingerprint density at radius 3 is 2.55 bits per heavy atom. The number of benzene rings is 1. The molecule has 2 heterocycles. The van der Waals surface area contributed by atoms with Crippen molar-refractivity contribution in [3.8, 4) is 11.1 Å². The fourth-order valence-electron chi connectivity index (χ4n) is 2.85. The van der Waals surface area contributed by atoms with Crippen molar-refractivity contribution in [1.29, 1.82) is 0 Å². The maximum absolute atomic E-state index is 12.6. The number of aromatic nitrogens is 1. The van der Waals surface area contributed by atoms with Gasteiger partial charge in [-0.2, -0.15) is 0 Å². The predicted octanol–water partition coefficient (Wildman–Crippen LogP) is 2.59. The first kappa shape index (κ1) is 14.7. The third-order valence-electron chi connectivity index (χ3n) is 4.25. The van der Waals surface area contributed by atoms with Crippen LogP contribution in [0, 0.1) is 5.92 Å². The molecule has 3 rings (SSSR count). The summed E-state index contributed by atoms with van der Waals surface area (Å²) in [6.07, 6.45) is 5.15. The smallest absolute Gasteiger partial charge is 0.255 e. The van der Waals surface area contributed by atoms with Gasteiger partial charge in [0.1, 0.15) is 0 Å². The van der Waals surface area contributed by atoms with E-state index in [0.717, 1.165) is 24.0 Å². The largest absolute Gasteiger partial charge is 0.396 e. The highest BCUT2D eigenvalue weighted by Gasteiger charge is 2.23. The van der Waals surface area contributed by atoms with Crippen LogP contribution in [0.3, 0.4) is 0 Å². The Morgan fingerprint density at radius 2 is 1.86 bits per heavy atom. The molecule has 1 amide bonds. The number of rotatable bonds is 3. The minimum absolute atomic E-state index is 0.0293. The lowest BCUT2D eigenvalue weighted by Crippen LogP contribution is -2.39. The molecular formula is C18H20N2O2. The van der Waals surface area contributed by atoms with Crippen molar-refractivity contribution in [2.75, 3.05) is 19.7 Å². The van der Waals surface area contributed by atoms with Gasteiger partial charge in [0.2, 0.25) is 0 Å². The Kier molecular flexibility index (Phi) is 4.49. The van der Waals surface area contributed by atoms with E-state index in [0.29, 0.717) is 24.6 Å². The van der Waals surface area contributed by atoms with E-state index < -0.39 is 0 Å². The van der Waals surface area contributed by atoms with E-state index in [2.05, 4.69) is 4.98 Å². The van der Waals surface area contributed by atoms with Gasteiger partial charge < -0.3 is 10.0 Å². The quantitative estimate of drug-likeness (QED) is 0.947. The second kappa shape index (κ2) is 6.71. The second-order valence-electron chi connectivity index (χ2n) is 5.75. The number of aliphatic hydroxyl groups excluding tert-OH is 1. The summed E-state index contributed by atoms with van der Waals surface area (Å²) < 4.78 is 0. The van der Waals surface area contributed by atoms with E-state index in [4.69, 9.17) is 0 Å². The molecule has 0 atom stereocenters. The molecule has 1 aliphatic heterocycles. The minimum Gasteiger partial charge on any atom is -0.396 e. The third-order valence-corrected chi connectivity index (χ3v) is 4.25. The normalized spacial score (nSPS) is 15.8. The first-order chi connectivity index (χ1) is 10.8. The third kappa shape index (κ3) is 3.17. The predicted molar refractivity (Wildman–Crippen MR) is 85.4 cm³/mol. The molecule has 0 spiro atoms. The zero-order valence-electron chi connectivity index (χ0n) is 12.5. The average molecular weight is 296 g/mol. The molecule has 1 N–H and O–H groups in total. The number of nitrogens with zero attached hydrogens (tertiary/aromatic N) is 2. The van der Waals surface area contributed by atoms with Crippen LogP contribution in [0.15, 0.2) is 48.8 Å². The number of amides is 1. The van der Waals surface area contributed by atoms with Gasteiger partial charge in [-0.1, -0.05) is 30.3 Å². The van der Waals surface area contributed by atoms with Crippen molar-refractivity contribution in [3.05, 3.63) is 54.4 Å². The molecule has 22 heavy (non-hydrogen) atoms. The van der Waals surface area contributed by atoms with Gasteiger partial charge in [0.15, 0.2) is 0 Å². The van der Waals surface area contributed by atoms with Crippen LogP contribution >= 0.6 is 0 Å². The standard InChI is InChI=1S/C18H20N2O2/c21-13-14-6-8-20(9-7-14)18(22)17-10-16(11-19-12-17)15-4-2-1-3-5-15/h1-5,10-12,14,21H,6-9,13H2. The molecule has 0 unspecified atom stereocenters. The van der Waals surface area contributed by atoms with E-state index in [9.17, 15) is 9.90 Å². The summed E-state index contributed by atoms with van der Waals surface area (Å²) in [7, 11) is 0. The monoisotopic (exact) mass is 296 g/mol. The molecule has 1 saturated heterocycles. The van der Waals surface area contributed by atoms with Crippen LogP contribution in [0.1, 0.15) is 23.2 Å². The van der Waals surface area contributed by atoms with Crippen molar-refractivity contribution < 1.29 is 9.90 Å².